The van der Waals surface area contributed by atoms with Gasteiger partial charge < -0.3 is 13.9 Å². The zero-order valence-corrected chi connectivity index (χ0v) is 16.2. The third-order valence-corrected chi connectivity index (χ3v) is 5.44. The molecule has 3 aromatic rings. The van der Waals surface area contributed by atoms with Crippen LogP contribution < -0.4 is 9.47 Å². The molecule has 2 aromatic carbocycles. The van der Waals surface area contributed by atoms with Crippen LogP contribution in [0.2, 0.25) is 0 Å². The molecule has 1 unspecified atom stereocenters. The molecule has 1 fully saturated rings. The van der Waals surface area contributed by atoms with Crippen molar-refractivity contribution in [1.82, 2.24) is 15.1 Å². The van der Waals surface area contributed by atoms with Crippen LogP contribution >= 0.6 is 0 Å². The van der Waals surface area contributed by atoms with Gasteiger partial charge >= 0.3 is 0 Å². The van der Waals surface area contributed by atoms with Gasteiger partial charge in [0, 0.05) is 23.7 Å². The van der Waals surface area contributed by atoms with Crippen LogP contribution in [0, 0.1) is 10.1 Å². The molecule has 0 spiro atoms. The molecule has 1 atom stereocenters. The number of nitrogens with zero attached hydrogens (tertiary/aromatic N) is 4. The zero-order chi connectivity index (χ0) is 20.5. The molecule has 1 saturated heterocycles. The fraction of sp³-hybridized carbons (Fsp3) is 0.333. The number of nitro benzene ring substituents is 1. The largest absolute Gasteiger partial charge is 0.486 e. The average molecular weight is 408 g/mol. The summed E-state index contributed by atoms with van der Waals surface area (Å²) >= 11 is 0. The first kappa shape index (κ1) is 18.6. The SMILES string of the molecule is O=[N+]([O-])c1ccc(-c2nnc(CN3CCCC3c3ccc4c(c3)OCCO4)o2)cc1. The van der Waals surface area contributed by atoms with Crippen molar-refractivity contribution < 1.29 is 18.8 Å². The van der Waals surface area contributed by atoms with Gasteiger partial charge in [0.1, 0.15) is 13.2 Å². The lowest BCUT2D eigenvalue weighted by Gasteiger charge is -2.25. The number of ether oxygens (including phenoxy) is 2. The number of hydrogen-bond donors (Lipinski definition) is 0. The highest BCUT2D eigenvalue weighted by molar-refractivity contribution is 5.55. The second kappa shape index (κ2) is 7.75. The zero-order valence-electron chi connectivity index (χ0n) is 16.2. The summed E-state index contributed by atoms with van der Waals surface area (Å²) in [7, 11) is 0. The number of fused-ring (bicyclic) bond motifs is 1. The number of nitro groups is 1. The highest BCUT2D eigenvalue weighted by Crippen LogP contribution is 2.38. The molecule has 0 saturated carbocycles. The van der Waals surface area contributed by atoms with Crippen LogP contribution in [0.1, 0.15) is 30.3 Å². The van der Waals surface area contributed by atoms with E-state index in [-0.39, 0.29) is 11.7 Å². The van der Waals surface area contributed by atoms with Crippen molar-refractivity contribution in [3.05, 3.63) is 64.0 Å². The van der Waals surface area contributed by atoms with Gasteiger partial charge in [0.25, 0.3) is 5.69 Å². The molecule has 0 bridgehead atoms. The maximum absolute atomic E-state index is 10.8. The molecule has 9 nitrogen and oxygen atoms in total. The molecule has 2 aliphatic heterocycles. The highest BCUT2D eigenvalue weighted by atomic mass is 16.6. The fourth-order valence-electron chi connectivity index (χ4n) is 3.99. The summed E-state index contributed by atoms with van der Waals surface area (Å²) in [6, 6.07) is 12.5. The summed E-state index contributed by atoms with van der Waals surface area (Å²) in [5.41, 5.74) is 1.87. The topological polar surface area (TPSA) is 104 Å². The minimum absolute atomic E-state index is 0.0258. The second-order valence-corrected chi connectivity index (χ2v) is 7.34. The molecular weight excluding hydrogens is 388 g/mol. The van der Waals surface area contributed by atoms with E-state index in [0.717, 1.165) is 30.9 Å². The molecule has 0 amide bonds. The number of hydrogen-bond acceptors (Lipinski definition) is 8. The molecule has 5 rings (SSSR count). The summed E-state index contributed by atoms with van der Waals surface area (Å²) in [5, 5.41) is 19.1. The van der Waals surface area contributed by atoms with Crippen molar-refractivity contribution in [1.29, 1.82) is 0 Å². The van der Waals surface area contributed by atoms with Gasteiger partial charge in [0.15, 0.2) is 11.5 Å². The van der Waals surface area contributed by atoms with Gasteiger partial charge in [-0.15, -0.1) is 10.2 Å². The van der Waals surface area contributed by atoms with E-state index < -0.39 is 4.92 Å². The van der Waals surface area contributed by atoms with Crippen molar-refractivity contribution in [3.63, 3.8) is 0 Å². The minimum Gasteiger partial charge on any atom is -0.486 e. The first-order valence-electron chi connectivity index (χ1n) is 9.88. The van der Waals surface area contributed by atoms with Gasteiger partial charge in [0.2, 0.25) is 11.8 Å². The van der Waals surface area contributed by atoms with E-state index in [4.69, 9.17) is 13.9 Å². The summed E-state index contributed by atoms with van der Waals surface area (Å²) in [6.45, 7) is 2.63. The Morgan fingerprint density at radius 1 is 1.07 bits per heavy atom. The van der Waals surface area contributed by atoms with Crippen LogP contribution in [0.15, 0.2) is 46.9 Å². The molecule has 0 radical (unpaired) electrons. The van der Waals surface area contributed by atoms with Crippen molar-refractivity contribution in [2.45, 2.75) is 25.4 Å². The lowest BCUT2D eigenvalue weighted by molar-refractivity contribution is -0.384. The maximum Gasteiger partial charge on any atom is 0.269 e. The lowest BCUT2D eigenvalue weighted by atomic mass is 10.0. The van der Waals surface area contributed by atoms with E-state index in [0.29, 0.717) is 37.1 Å². The monoisotopic (exact) mass is 408 g/mol. The van der Waals surface area contributed by atoms with Gasteiger partial charge in [-0.1, -0.05) is 6.07 Å². The van der Waals surface area contributed by atoms with Crippen LogP contribution in [0.25, 0.3) is 11.5 Å². The maximum atomic E-state index is 10.8. The second-order valence-electron chi connectivity index (χ2n) is 7.34. The highest BCUT2D eigenvalue weighted by Gasteiger charge is 2.29. The van der Waals surface area contributed by atoms with Gasteiger partial charge in [-0.3, -0.25) is 15.0 Å². The van der Waals surface area contributed by atoms with E-state index >= 15 is 0 Å². The van der Waals surface area contributed by atoms with E-state index in [1.165, 1.54) is 17.7 Å². The predicted octanol–water partition coefficient (Wildman–Crippen LogP) is 3.75. The van der Waals surface area contributed by atoms with Crippen molar-refractivity contribution in [2.75, 3.05) is 19.8 Å². The van der Waals surface area contributed by atoms with E-state index in [1.807, 2.05) is 6.07 Å². The molecular formula is C21H20N4O5. The van der Waals surface area contributed by atoms with Crippen LogP contribution in [-0.4, -0.2) is 39.8 Å². The molecule has 2 aliphatic rings. The smallest absolute Gasteiger partial charge is 0.269 e. The third-order valence-electron chi connectivity index (χ3n) is 5.44. The Bertz CT molecular complexity index is 1070. The Labute approximate surface area is 172 Å². The Balaban J connectivity index is 1.31. The quantitative estimate of drug-likeness (QED) is 0.464. The molecule has 9 heteroatoms. The lowest BCUT2D eigenvalue weighted by Crippen LogP contribution is -2.23. The third kappa shape index (κ3) is 3.59. The molecule has 0 N–H and O–H groups in total. The Morgan fingerprint density at radius 2 is 1.87 bits per heavy atom. The van der Waals surface area contributed by atoms with Gasteiger partial charge in [0.05, 0.1) is 11.5 Å². The molecule has 154 valence electrons. The minimum atomic E-state index is -0.436. The van der Waals surface area contributed by atoms with Crippen molar-refractivity contribution >= 4 is 5.69 Å². The van der Waals surface area contributed by atoms with Crippen LogP contribution in [0.3, 0.4) is 0 Å². The number of benzene rings is 2. The first-order chi connectivity index (χ1) is 14.7. The Kier molecular flexibility index (Phi) is 4.80. The fourth-order valence-corrected chi connectivity index (χ4v) is 3.99. The van der Waals surface area contributed by atoms with Crippen LogP contribution in [-0.2, 0) is 6.54 Å². The molecule has 30 heavy (non-hydrogen) atoms. The number of non-ortho nitro benzene ring substituents is 1. The van der Waals surface area contributed by atoms with E-state index in [9.17, 15) is 10.1 Å². The predicted molar refractivity (Wildman–Crippen MR) is 106 cm³/mol. The van der Waals surface area contributed by atoms with Crippen LogP contribution in [0.4, 0.5) is 5.69 Å². The normalized spacial score (nSPS) is 18.5. The van der Waals surface area contributed by atoms with Crippen LogP contribution in [0.5, 0.6) is 11.5 Å². The van der Waals surface area contributed by atoms with Crippen molar-refractivity contribution in [3.8, 4) is 23.0 Å². The Hall–Kier alpha value is -3.46. The summed E-state index contributed by atoms with van der Waals surface area (Å²) in [5.74, 6) is 2.46. The molecule has 1 aromatic heterocycles. The van der Waals surface area contributed by atoms with Gasteiger partial charge in [-0.25, -0.2) is 0 Å². The van der Waals surface area contributed by atoms with Gasteiger partial charge in [-0.05, 0) is 49.2 Å². The summed E-state index contributed by atoms with van der Waals surface area (Å²) < 4.78 is 17.2. The number of aromatic nitrogens is 2. The Morgan fingerprint density at radius 3 is 2.67 bits per heavy atom. The average Bonchev–Trinajstić information content (AvgIpc) is 3.43. The summed E-state index contributed by atoms with van der Waals surface area (Å²) in [4.78, 5) is 12.7. The molecule has 0 aliphatic carbocycles. The molecule has 3 heterocycles. The number of rotatable bonds is 5. The van der Waals surface area contributed by atoms with E-state index in [1.54, 1.807) is 12.1 Å². The summed E-state index contributed by atoms with van der Waals surface area (Å²) in [6.07, 6.45) is 2.13. The number of likely N-dealkylation sites (tertiary alicyclic amines) is 1. The van der Waals surface area contributed by atoms with Gasteiger partial charge in [-0.2, -0.15) is 0 Å². The van der Waals surface area contributed by atoms with Crippen molar-refractivity contribution in [2.24, 2.45) is 0 Å². The first-order valence-corrected chi connectivity index (χ1v) is 9.88. The standard InChI is InChI=1S/C21H20N4O5/c26-25(27)16-6-3-14(4-7-16)21-23-22-20(30-21)13-24-9-1-2-17(24)15-5-8-18-19(12-15)29-11-10-28-18/h3-8,12,17H,1-2,9-11,13H2. The van der Waals surface area contributed by atoms with E-state index in [2.05, 4.69) is 27.2 Å².